The SMILES string of the molecule is CC1C=CC(CF)N2CN1n1cc(C(=O)NCc3ccc(F)cc3F)c(=O)c(O)c1C2=O. The maximum Gasteiger partial charge on any atom is 0.278 e. The van der Waals surface area contributed by atoms with Gasteiger partial charge < -0.3 is 15.3 Å². The van der Waals surface area contributed by atoms with E-state index in [2.05, 4.69) is 5.32 Å². The summed E-state index contributed by atoms with van der Waals surface area (Å²) in [6.07, 6.45) is 4.33. The number of pyridine rings is 1. The van der Waals surface area contributed by atoms with Gasteiger partial charge in [-0.3, -0.25) is 24.1 Å². The van der Waals surface area contributed by atoms with Crippen LogP contribution in [0.25, 0.3) is 0 Å². The number of carbonyl (C=O) groups is 2. The third-order valence-electron chi connectivity index (χ3n) is 5.54. The number of amides is 2. The fourth-order valence-corrected chi connectivity index (χ4v) is 3.72. The number of aromatic hydroxyl groups is 1. The molecular formula is C21H19F3N4O4. The molecule has 0 saturated carbocycles. The lowest BCUT2D eigenvalue weighted by atomic mass is 10.1. The van der Waals surface area contributed by atoms with Crippen molar-refractivity contribution in [3.05, 3.63) is 75.2 Å². The van der Waals surface area contributed by atoms with E-state index in [9.17, 15) is 32.7 Å². The second-order valence-electron chi connectivity index (χ2n) is 7.54. The van der Waals surface area contributed by atoms with Crippen molar-refractivity contribution in [1.29, 1.82) is 0 Å². The number of carbonyl (C=O) groups excluding carboxylic acids is 2. The summed E-state index contributed by atoms with van der Waals surface area (Å²) >= 11 is 0. The van der Waals surface area contributed by atoms with E-state index in [-0.39, 0.29) is 30.5 Å². The zero-order valence-electron chi connectivity index (χ0n) is 16.9. The molecule has 2 bridgehead atoms. The number of hydrogen-bond acceptors (Lipinski definition) is 5. The van der Waals surface area contributed by atoms with Crippen LogP contribution in [0.2, 0.25) is 0 Å². The lowest BCUT2D eigenvalue weighted by Crippen LogP contribution is -2.58. The van der Waals surface area contributed by atoms with E-state index >= 15 is 0 Å². The molecule has 2 aromatic rings. The van der Waals surface area contributed by atoms with Crippen molar-refractivity contribution in [2.24, 2.45) is 0 Å². The van der Waals surface area contributed by atoms with Crippen molar-refractivity contribution in [3.8, 4) is 5.75 Å². The summed E-state index contributed by atoms with van der Waals surface area (Å²) in [6, 6.07) is 1.64. The van der Waals surface area contributed by atoms with Crippen LogP contribution in [0.15, 0.2) is 41.3 Å². The minimum atomic E-state index is -1.10. The van der Waals surface area contributed by atoms with Gasteiger partial charge in [-0.2, -0.15) is 0 Å². The fourth-order valence-electron chi connectivity index (χ4n) is 3.72. The van der Waals surface area contributed by atoms with E-state index in [4.69, 9.17) is 0 Å². The van der Waals surface area contributed by atoms with Gasteiger partial charge in [0.1, 0.15) is 30.5 Å². The van der Waals surface area contributed by atoms with Crippen LogP contribution in [-0.4, -0.2) is 51.9 Å². The van der Waals surface area contributed by atoms with Crippen LogP contribution in [-0.2, 0) is 6.54 Å². The molecule has 32 heavy (non-hydrogen) atoms. The second kappa shape index (κ2) is 8.06. The molecule has 0 aliphatic carbocycles. The second-order valence-corrected chi connectivity index (χ2v) is 7.54. The molecule has 3 heterocycles. The molecule has 2 unspecified atom stereocenters. The van der Waals surface area contributed by atoms with Gasteiger partial charge in [-0.25, -0.2) is 13.2 Å². The molecule has 2 aliphatic rings. The van der Waals surface area contributed by atoms with Gasteiger partial charge in [-0.15, -0.1) is 0 Å². The predicted molar refractivity (Wildman–Crippen MR) is 108 cm³/mol. The molecule has 2 amide bonds. The van der Waals surface area contributed by atoms with Crippen molar-refractivity contribution in [1.82, 2.24) is 14.9 Å². The highest BCUT2D eigenvalue weighted by Crippen LogP contribution is 2.26. The molecule has 168 valence electrons. The maximum atomic E-state index is 13.8. The van der Waals surface area contributed by atoms with Crippen molar-refractivity contribution < 1.29 is 27.9 Å². The molecule has 11 heteroatoms. The van der Waals surface area contributed by atoms with Gasteiger partial charge in [-0.05, 0) is 13.0 Å². The van der Waals surface area contributed by atoms with E-state index in [0.29, 0.717) is 6.07 Å². The molecule has 0 saturated heterocycles. The van der Waals surface area contributed by atoms with Crippen LogP contribution >= 0.6 is 0 Å². The summed E-state index contributed by atoms with van der Waals surface area (Å²) in [5.41, 5.74) is -1.95. The Labute approximate surface area is 180 Å². The van der Waals surface area contributed by atoms with Gasteiger partial charge >= 0.3 is 0 Å². The first-order chi connectivity index (χ1) is 15.2. The summed E-state index contributed by atoms with van der Waals surface area (Å²) in [7, 11) is 0. The van der Waals surface area contributed by atoms with Gasteiger partial charge in [0.25, 0.3) is 11.8 Å². The molecule has 2 aliphatic heterocycles. The number of halogens is 3. The number of benzene rings is 1. The molecule has 2 N–H and O–H groups in total. The summed E-state index contributed by atoms with van der Waals surface area (Å²) < 4.78 is 41.5. The number of nitrogens with one attached hydrogen (secondary N) is 1. The quantitative estimate of drug-likeness (QED) is 0.690. The third-order valence-corrected chi connectivity index (χ3v) is 5.54. The van der Waals surface area contributed by atoms with E-state index in [1.165, 1.54) is 15.7 Å². The Bertz CT molecular complexity index is 1200. The monoisotopic (exact) mass is 448 g/mol. The molecular weight excluding hydrogens is 429 g/mol. The highest BCUT2D eigenvalue weighted by Gasteiger charge is 2.39. The number of fused-ring (bicyclic) bond motifs is 4. The minimum Gasteiger partial charge on any atom is -0.502 e. The Kier molecular flexibility index (Phi) is 5.41. The number of alkyl halides is 1. The van der Waals surface area contributed by atoms with E-state index in [1.54, 1.807) is 18.0 Å². The number of rotatable bonds is 4. The van der Waals surface area contributed by atoms with E-state index in [0.717, 1.165) is 18.3 Å². The Hall–Kier alpha value is -3.76. The summed E-state index contributed by atoms with van der Waals surface area (Å²) in [5.74, 6) is -4.26. The summed E-state index contributed by atoms with van der Waals surface area (Å²) in [5, 5.41) is 14.4. The Balaban J connectivity index is 1.70. The average molecular weight is 448 g/mol. The standard InChI is InChI=1S/C21H19F3N4O4/c1-11-2-5-14(7-22)26-10-28(11)27-9-15(18(29)19(30)17(27)21(26)32)20(31)25-8-12-3-4-13(23)6-16(12)24/h2-6,9,11,14,30H,7-8,10H2,1H3,(H,25,31). The zero-order valence-corrected chi connectivity index (χ0v) is 16.9. The predicted octanol–water partition coefficient (Wildman–Crippen LogP) is 1.41. The van der Waals surface area contributed by atoms with E-state index < -0.39 is 52.9 Å². The van der Waals surface area contributed by atoms with Crippen molar-refractivity contribution in [2.45, 2.75) is 25.6 Å². The molecule has 2 atom stereocenters. The smallest absolute Gasteiger partial charge is 0.278 e. The van der Waals surface area contributed by atoms with Crippen LogP contribution in [0.5, 0.6) is 5.75 Å². The first kappa shape index (κ1) is 21.5. The molecule has 1 aromatic heterocycles. The van der Waals surface area contributed by atoms with Crippen molar-refractivity contribution in [2.75, 3.05) is 18.4 Å². The zero-order chi connectivity index (χ0) is 23.2. The topological polar surface area (TPSA) is 94.9 Å². The van der Waals surface area contributed by atoms with Crippen LogP contribution in [0.4, 0.5) is 13.2 Å². The molecule has 8 nitrogen and oxygen atoms in total. The molecule has 0 fully saturated rings. The molecule has 4 rings (SSSR count). The van der Waals surface area contributed by atoms with E-state index in [1.807, 2.05) is 0 Å². The van der Waals surface area contributed by atoms with Crippen LogP contribution in [0, 0.1) is 11.6 Å². The van der Waals surface area contributed by atoms with Crippen LogP contribution < -0.4 is 15.8 Å². The Morgan fingerprint density at radius 2 is 2.00 bits per heavy atom. The van der Waals surface area contributed by atoms with Gasteiger partial charge in [0.05, 0.1) is 12.1 Å². The lowest BCUT2D eigenvalue weighted by molar-refractivity contribution is 0.0617. The number of hydrogen-bond donors (Lipinski definition) is 2. The van der Waals surface area contributed by atoms with Gasteiger partial charge in [0.15, 0.2) is 11.4 Å². The van der Waals surface area contributed by atoms with Gasteiger partial charge in [0, 0.05) is 24.4 Å². The minimum absolute atomic E-state index is 0.00334. The highest BCUT2D eigenvalue weighted by molar-refractivity contribution is 5.99. The van der Waals surface area contributed by atoms with Crippen LogP contribution in [0.1, 0.15) is 33.3 Å². The Morgan fingerprint density at radius 1 is 1.25 bits per heavy atom. The van der Waals surface area contributed by atoms with Crippen molar-refractivity contribution in [3.63, 3.8) is 0 Å². The first-order valence-electron chi connectivity index (χ1n) is 9.75. The van der Waals surface area contributed by atoms with Gasteiger partial charge in [0.2, 0.25) is 5.43 Å². The normalized spacial score (nSPS) is 19.6. The highest BCUT2D eigenvalue weighted by atomic mass is 19.1. The van der Waals surface area contributed by atoms with Gasteiger partial charge in [-0.1, -0.05) is 18.2 Å². The lowest BCUT2D eigenvalue weighted by Gasteiger charge is -2.41. The molecule has 1 aromatic carbocycles. The average Bonchev–Trinajstić information content (AvgIpc) is 2.90. The maximum absolute atomic E-state index is 13.8. The summed E-state index contributed by atoms with van der Waals surface area (Å²) in [6.45, 7) is 0.564. The largest absolute Gasteiger partial charge is 0.502 e. The summed E-state index contributed by atoms with van der Waals surface area (Å²) in [4.78, 5) is 39.4. The molecule has 0 spiro atoms. The number of nitrogens with zero attached hydrogens (tertiary/aromatic N) is 3. The first-order valence-corrected chi connectivity index (χ1v) is 9.75. The fraction of sp³-hybridized carbons (Fsp3) is 0.286. The third kappa shape index (κ3) is 3.49. The molecule has 0 radical (unpaired) electrons. The van der Waals surface area contributed by atoms with Crippen molar-refractivity contribution >= 4 is 11.8 Å². The number of aromatic nitrogens is 1. The Morgan fingerprint density at radius 3 is 2.69 bits per heavy atom. The van der Waals surface area contributed by atoms with Crippen LogP contribution in [0.3, 0.4) is 0 Å².